The van der Waals surface area contributed by atoms with Gasteiger partial charge in [0.1, 0.15) is 5.54 Å². The predicted molar refractivity (Wildman–Crippen MR) is 65.5 cm³/mol. The van der Waals surface area contributed by atoms with E-state index in [1.165, 1.54) is 7.11 Å². The van der Waals surface area contributed by atoms with Crippen molar-refractivity contribution in [3.63, 3.8) is 0 Å². The number of hydrogen-bond donors (Lipinski definition) is 2. The molecule has 1 unspecified atom stereocenters. The minimum absolute atomic E-state index is 0.300. The molecule has 1 rings (SSSR count). The third-order valence-corrected chi connectivity index (χ3v) is 2.72. The lowest BCUT2D eigenvalue weighted by Crippen LogP contribution is -2.52. The molecule has 0 spiro atoms. The van der Waals surface area contributed by atoms with Gasteiger partial charge >= 0.3 is 5.97 Å². The van der Waals surface area contributed by atoms with Crippen molar-refractivity contribution >= 4 is 5.97 Å². The van der Waals surface area contributed by atoms with Crippen molar-refractivity contribution in [1.29, 1.82) is 0 Å². The van der Waals surface area contributed by atoms with Crippen molar-refractivity contribution in [3.8, 4) is 0 Å². The Labute approximate surface area is 102 Å². The van der Waals surface area contributed by atoms with Gasteiger partial charge in [-0.05, 0) is 19.4 Å². The van der Waals surface area contributed by atoms with Crippen LogP contribution in [0.2, 0.25) is 0 Å². The van der Waals surface area contributed by atoms with Crippen molar-refractivity contribution in [1.82, 2.24) is 5.32 Å². The number of rotatable bonds is 5. The average Bonchev–Trinajstić information content (AvgIpc) is 2.35. The lowest BCUT2D eigenvalue weighted by molar-refractivity contribution is -0.149. The standard InChI is InChI=1S/C13H19NO3/c1-10-5-4-6-11(7-10)8-14-13(2,9-15)12(16)17-3/h4-7,14-15H,8-9H2,1-3H3. The Kier molecular flexibility index (Phi) is 4.66. The number of carbonyl (C=O) groups is 1. The normalized spacial score (nSPS) is 14.1. The smallest absolute Gasteiger partial charge is 0.328 e. The molecule has 4 heteroatoms. The van der Waals surface area contributed by atoms with Crippen LogP contribution < -0.4 is 5.32 Å². The summed E-state index contributed by atoms with van der Waals surface area (Å²) in [5.41, 5.74) is 1.17. The van der Waals surface area contributed by atoms with Gasteiger partial charge in [-0.3, -0.25) is 5.32 Å². The zero-order valence-electron chi connectivity index (χ0n) is 10.5. The van der Waals surface area contributed by atoms with Crippen LogP contribution in [0.4, 0.5) is 0 Å². The molecule has 1 aromatic carbocycles. The maximum atomic E-state index is 11.5. The summed E-state index contributed by atoms with van der Waals surface area (Å²) < 4.78 is 4.66. The topological polar surface area (TPSA) is 58.6 Å². The largest absolute Gasteiger partial charge is 0.468 e. The number of aliphatic hydroxyl groups excluding tert-OH is 1. The number of ether oxygens (including phenoxy) is 1. The van der Waals surface area contributed by atoms with Crippen molar-refractivity contribution in [2.24, 2.45) is 0 Å². The van der Waals surface area contributed by atoms with Crippen molar-refractivity contribution in [2.45, 2.75) is 25.9 Å². The van der Waals surface area contributed by atoms with E-state index < -0.39 is 11.5 Å². The lowest BCUT2D eigenvalue weighted by Gasteiger charge is -2.25. The number of nitrogens with one attached hydrogen (secondary N) is 1. The van der Waals surface area contributed by atoms with Gasteiger partial charge in [0.15, 0.2) is 0 Å². The monoisotopic (exact) mass is 237 g/mol. The van der Waals surface area contributed by atoms with E-state index in [-0.39, 0.29) is 6.61 Å². The van der Waals surface area contributed by atoms with E-state index in [1.807, 2.05) is 31.2 Å². The van der Waals surface area contributed by atoms with Gasteiger partial charge in [-0.15, -0.1) is 0 Å². The number of methoxy groups -OCH3 is 1. The summed E-state index contributed by atoms with van der Waals surface area (Å²) in [6.07, 6.45) is 0. The van der Waals surface area contributed by atoms with Gasteiger partial charge in [-0.1, -0.05) is 29.8 Å². The highest BCUT2D eigenvalue weighted by molar-refractivity contribution is 5.80. The van der Waals surface area contributed by atoms with Crippen molar-refractivity contribution in [3.05, 3.63) is 35.4 Å². The van der Waals surface area contributed by atoms with Crippen LogP contribution >= 0.6 is 0 Å². The molecule has 1 aromatic rings. The van der Waals surface area contributed by atoms with Gasteiger partial charge in [0.2, 0.25) is 0 Å². The molecule has 0 saturated heterocycles. The molecule has 0 aliphatic rings. The molecule has 0 aromatic heterocycles. The first kappa shape index (κ1) is 13.7. The molecular weight excluding hydrogens is 218 g/mol. The van der Waals surface area contributed by atoms with Gasteiger partial charge in [0, 0.05) is 6.54 Å². The fourth-order valence-electron chi connectivity index (χ4n) is 1.54. The molecule has 94 valence electrons. The van der Waals surface area contributed by atoms with Crippen LogP contribution in [0.15, 0.2) is 24.3 Å². The fraction of sp³-hybridized carbons (Fsp3) is 0.462. The van der Waals surface area contributed by atoms with E-state index in [9.17, 15) is 9.90 Å². The Morgan fingerprint density at radius 2 is 2.24 bits per heavy atom. The molecule has 0 heterocycles. The highest BCUT2D eigenvalue weighted by Crippen LogP contribution is 2.09. The third kappa shape index (κ3) is 3.54. The summed E-state index contributed by atoms with van der Waals surface area (Å²) in [5, 5.41) is 12.3. The summed E-state index contributed by atoms with van der Waals surface area (Å²) in [5.74, 6) is -0.465. The zero-order chi connectivity index (χ0) is 12.9. The molecule has 0 saturated carbocycles. The second kappa shape index (κ2) is 5.80. The number of aryl methyl sites for hydroxylation is 1. The molecule has 4 nitrogen and oxygen atoms in total. The van der Waals surface area contributed by atoms with Crippen LogP contribution in [0, 0.1) is 6.92 Å². The van der Waals surface area contributed by atoms with Gasteiger partial charge < -0.3 is 9.84 Å². The van der Waals surface area contributed by atoms with Crippen LogP contribution in [-0.2, 0) is 16.1 Å². The minimum atomic E-state index is -1.06. The van der Waals surface area contributed by atoms with Crippen molar-refractivity contribution < 1.29 is 14.6 Å². The Morgan fingerprint density at radius 3 is 2.76 bits per heavy atom. The maximum Gasteiger partial charge on any atom is 0.328 e. The third-order valence-electron chi connectivity index (χ3n) is 2.72. The quantitative estimate of drug-likeness (QED) is 0.750. The van der Waals surface area contributed by atoms with Gasteiger partial charge in [0.25, 0.3) is 0 Å². The van der Waals surface area contributed by atoms with Crippen LogP contribution in [0.3, 0.4) is 0 Å². The fourth-order valence-corrected chi connectivity index (χ4v) is 1.54. The average molecular weight is 237 g/mol. The molecule has 0 radical (unpaired) electrons. The lowest BCUT2D eigenvalue weighted by atomic mass is 10.0. The van der Waals surface area contributed by atoms with Crippen molar-refractivity contribution in [2.75, 3.05) is 13.7 Å². The molecule has 0 bridgehead atoms. The number of carbonyl (C=O) groups excluding carboxylic acids is 1. The van der Waals surface area contributed by atoms with Gasteiger partial charge in [-0.25, -0.2) is 4.79 Å². The minimum Gasteiger partial charge on any atom is -0.468 e. The first-order valence-electron chi connectivity index (χ1n) is 5.51. The van der Waals surface area contributed by atoms with E-state index in [4.69, 9.17) is 0 Å². The second-order valence-corrected chi connectivity index (χ2v) is 4.32. The van der Waals surface area contributed by atoms with Gasteiger partial charge in [-0.2, -0.15) is 0 Å². The highest BCUT2D eigenvalue weighted by atomic mass is 16.5. The Morgan fingerprint density at radius 1 is 1.53 bits per heavy atom. The molecule has 1 atom stereocenters. The number of esters is 1. The second-order valence-electron chi connectivity index (χ2n) is 4.32. The summed E-state index contributed by atoms with van der Waals surface area (Å²) in [7, 11) is 1.31. The van der Waals surface area contributed by atoms with E-state index in [0.717, 1.165) is 11.1 Å². The predicted octanol–water partition coefficient (Wildman–Crippen LogP) is 1.01. The first-order chi connectivity index (χ1) is 8.01. The molecule has 0 aliphatic heterocycles. The van der Waals surface area contributed by atoms with Crippen LogP contribution in [0.1, 0.15) is 18.1 Å². The summed E-state index contributed by atoms with van der Waals surface area (Å²) in [6.45, 7) is 3.84. The van der Waals surface area contributed by atoms with E-state index >= 15 is 0 Å². The van der Waals surface area contributed by atoms with Gasteiger partial charge in [0.05, 0.1) is 13.7 Å². The Bertz CT molecular complexity index is 392. The van der Waals surface area contributed by atoms with Crippen LogP contribution in [0.5, 0.6) is 0 Å². The molecule has 0 fully saturated rings. The molecular formula is C13H19NO3. The molecule has 0 amide bonds. The van der Waals surface area contributed by atoms with Crippen LogP contribution in [-0.4, -0.2) is 30.3 Å². The maximum absolute atomic E-state index is 11.5. The molecule has 0 aliphatic carbocycles. The summed E-state index contributed by atoms with van der Waals surface area (Å²) in [6, 6.07) is 7.97. The summed E-state index contributed by atoms with van der Waals surface area (Å²) in [4.78, 5) is 11.5. The van der Waals surface area contributed by atoms with Crippen LogP contribution in [0.25, 0.3) is 0 Å². The number of hydrogen-bond acceptors (Lipinski definition) is 4. The number of benzene rings is 1. The Hall–Kier alpha value is -1.39. The number of aliphatic hydroxyl groups is 1. The zero-order valence-corrected chi connectivity index (χ0v) is 10.5. The molecule has 2 N–H and O–H groups in total. The summed E-state index contributed by atoms with van der Waals surface area (Å²) >= 11 is 0. The molecule has 17 heavy (non-hydrogen) atoms. The van der Waals surface area contributed by atoms with E-state index in [2.05, 4.69) is 10.1 Å². The Balaban J connectivity index is 2.68. The van der Waals surface area contributed by atoms with E-state index in [0.29, 0.717) is 6.54 Å². The SMILES string of the molecule is COC(=O)C(C)(CO)NCc1cccc(C)c1. The highest BCUT2D eigenvalue weighted by Gasteiger charge is 2.32. The first-order valence-corrected chi connectivity index (χ1v) is 5.51. The van der Waals surface area contributed by atoms with E-state index in [1.54, 1.807) is 6.92 Å².